The first-order chi connectivity index (χ1) is 10.1. The maximum atomic E-state index is 11.5. The molecule has 5 nitrogen and oxygen atoms in total. The van der Waals surface area contributed by atoms with Gasteiger partial charge in [0.1, 0.15) is 17.0 Å². The van der Waals surface area contributed by atoms with Crippen LogP contribution in [-0.2, 0) is 11.2 Å². The molecule has 0 fully saturated rings. The van der Waals surface area contributed by atoms with Crippen molar-refractivity contribution in [2.45, 2.75) is 10.6 Å². The van der Waals surface area contributed by atoms with Gasteiger partial charge < -0.3 is 14.6 Å². The van der Waals surface area contributed by atoms with Gasteiger partial charge in [-0.15, -0.1) is 0 Å². The highest BCUT2D eigenvalue weighted by Crippen LogP contribution is 2.37. The number of aromatic nitrogens is 1. The van der Waals surface area contributed by atoms with Gasteiger partial charge in [0.05, 0.1) is 10.2 Å². The van der Waals surface area contributed by atoms with Crippen molar-refractivity contribution in [3.63, 3.8) is 0 Å². The average Bonchev–Trinajstić information content (AvgIpc) is 2.91. The van der Waals surface area contributed by atoms with Gasteiger partial charge in [-0.05, 0) is 31.5 Å². The Bertz CT molecular complexity index is 646. The molecule has 2 atom stereocenters. The summed E-state index contributed by atoms with van der Waals surface area (Å²) in [5.74, 6) is 0.557. The Hall–Kier alpha value is -0.990. The third-order valence-corrected chi connectivity index (χ3v) is 5.57. The van der Waals surface area contributed by atoms with Gasteiger partial charge >= 0.3 is 4.34 Å². The van der Waals surface area contributed by atoms with Gasteiger partial charge in [0.25, 0.3) is 0 Å². The third-order valence-electron chi connectivity index (χ3n) is 2.66. The Morgan fingerprint density at radius 1 is 1.48 bits per heavy atom. The number of thiazole rings is 1. The van der Waals surface area contributed by atoms with Gasteiger partial charge in [-0.1, -0.05) is 22.9 Å². The summed E-state index contributed by atoms with van der Waals surface area (Å²) in [6, 6.07) is 3.59. The number of likely N-dealkylation sites (N-methyl/N-ethyl adjacent to an activating group) is 1. The summed E-state index contributed by atoms with van der Waals surface area (Å²) in [6.07, 6.45) is 4.90. The van der Waals surface area contributed by atoms with E-state index >= 15 is 0 Å². The normalized spacial score (nSPS) is 14.5. The minimum atomic E-state index is -1.12. The highest BCUT2D eigenvalue weighted by atomic mass is 35.5. The third kappa shape index (κ3) is 3.81. The first-order valence-corrected chi connectivity index (χ1v) is 8.92. The average molecular weight is 346 g/mol. The molecule has 2 rings (SSSR count). The number of rotatable bonds is 6. The largest absolute Gasteiger partial charge is 0.610 e. The van der Waals surface area contributed by atoms with Crippen molar-refractivity contribution < 1.29 is 9.29 Å². The molecule has 2 aromatic rings. The number of nitrogens with zero attached hydrogens (tertiary/aromatic N) is 1. The van der Waals surface area contributed by atoms with E-state index in [0.717, 1.165) is 10.2 Å². The predicted molar refractivity (Wildman–Crippen MR) is 88.6 cm³/mol. The van der Waals surface area contributed by atoms with Crippen LogP contribution in [0.4, 0.5) is 0 Å². The first-order valence-electron chi connectivity index (χ1n) is 6.17. The maximum absolute atomic E-state index is 11.5. The van der Waals surface area contributed by atoms with Crippen LogP contribution in [-0.4, -0.2) is 36.1 Å². The molecule has 1 heterocycles. The molecular weight excluding hydrogens is 330 g/mol. The van der Waals surface area contributed by atoms with Gasteiger partial charge in [-0.3, -0.25) is 5.32 Å². The van der Waals surface area contributed by atoms with Crippen molar-refractivity contribution in [3.8, 4) is 5.75 Å². The standard InChI is InChI=1S/C13H16ClN3O2S2/c1-15-7-6-10(16-2)19-9-5-4-8-12(11(9)14)20-13(17-8)21(3)18/h4-7,10,15-16H,1-3H3. The molecule has 0 saturated carbocycles. The van der Waals surface area contributed by atoms with Crippen LogP contribution >= 0.6 is 22.9 Å². The van der Waals surface area contributed by atoms with Crippen LogP contribution in [0, 0.1) is 0 Å². The number of nitrogens with one attached hydrogen (secondary N) is 2. The van der Waals surface area contributed by atoms with Crippen molar-refractivity contribution >= 4 is 44.3 Å². The monoisotopic (exact) mass is 345 g/mol. The fourth-order valence-corrected chi connectivity index (χ4v) is 3.64. The van der Waals surface area contributed by atoms with Crippen LogP contribution < -0.4 is 15.4 Å². The molecule has 2 N–H and O–H groups in total. The molecule has 0 spiro atoms. The lowest BCUT2D eigenvalue weighted by Gasteiger charge is -2.15. The zero-order chi connectivity index (χ0) is 15.4. The molecule has 0 aliphatic rings. The van der Waals surface area contributed by atoms with E-state index in [1.165, 1.54) is 11.3 Å². The van der Waals surface area contributed by atoms with E-state index in [2.05, 4.69) is 15.6 Å². The van der Waals surface area contributed by atoms with E-state index in [0.29, 0.717) is 15.1 Å². The smallest absolute Gasteiger partial charge is 0.302 e. The number of ether oxygens (including phenoxy) is 1. The SMILES string of the molecule is CNC=CC(NC)Oc1ccc2nc([S+](C)[O-])sc2c1Cl. The Morgan fingerprint density at radius 3 is 2.86 bits per heavy atom. The fourth-order valence-electron chi connectivity index (χ4n) is 1.65. The van der Waals surface area contributed by atoms with Crippen molar-refractivity contribution in [2.24, 2.45) is 0 Å². The summed E-state index contributed by atoms with van der Waals surface area (Å²) in [6.45, 7) is 0. The van der Waals surface area contributed by atoms with E-state index in [1.54, 1.807) is 25.6 Å². The second-order valence-electron chi connectivity index (χ2n) is 4.13. The summed E-state index contributed by atoms with van der Waals surface area (Å²) in [7, 11) is 3.61. The Morgan fingerprint density at radius 2 is 2.24 bits per heavy atom. The molecule has 1 aromatic heterocycles. The Balaban J connectivity index is 2.32. The Kier molecular flexibility index (Phi) is 5.72. The van der Waals surface area contributed by atoms with Gasteiger partial charge in [0, 0.05) is 18.2 Å². The van der Waals surface area contributed by atoms with Crippen LogP contribution in [0.2, 0.25) is 5.02 Å². The van der Waals surface area contributed by atoms with Gasteiger partial charge in [-0.25, -0.2) is 0 Å². The lowest BCUT2D eigenvalue weighted by molar-refractivity contribution is 0.221. The highest BCUT2D eigenvalue weighted by Gasteiger charge is 2.17. The molecule has 2 unspecified atom stereocenters. The van der Waals surface area contributed by atoms with Crippen LogP contribution in [0.15, 0.2) is 28.7 Å². The van der Waals surface area contributed by atoms with Crippen molar-refractivity contribution in [1.29, 1.82) is 0 Å². The Labute approximate surface area is 135 Å². The van der Waals surface area contributed by atoms with Gasteiger partial charge in [0.15, 0.2) is 6.23 Å². The molecule has 0 saturated heterocycles. The lowest BCUT2D eigenvalue weighted by atomic mass is 10.3. The number of benzene rings is 1. The predicted octanol–water partition coefficient (Wildman–Crippen LogP) is 2.34. The van der Waals surface area contributed by atoms with Gasteiger partial charge in [-0.2, -0.15) is 4.98 Å². The molecule has 0 aliphatic heterocycles. The van der Waals surface area contributed by atoms with Crippen LogP contribution in [0.25, 0.3) is 10.2 Å². The van der Waals surface area contributed by atoms with Crippen LogP contribution in [0.1, 0.15) is 0 Å². The van der Waals surface area contributed by atoms with Gasteiger partial charge in [0.2, 0.25) is 0 Å². The molecule has 0 amide bonds. The molecular formula is C13H16ClN3O2S2. The molecule has 114 valence electrons. The molecule has 0 aliphatic carbocycles. The van der Waals surface area contributed by atoms with E-state index in [1.807, 2.05) is 19.2 Å². The summed E-state index contributed by atoms with van der Waals surface area (Å²) in [4.78, 5) is 4.30. The van der Waals surface area contributed by atoms with E-state index < -0.39 is 11.2 Å². The molecule has 0 radical (unpaired) electrons. The number of halogens is 1. The van der Waals surface area contributed by atoms with Crippen molar-refractivity contribution in [1.82, 2.24) is 15.6 Å². The van der Waals surface area contributed by atoms with E-state index in [4.69, 9.17) is 16.3 Å². The molecule has 21 heavy (non-hydrogen) atoms. The lowest BCUT2D eigenvalue weighted by Crippen LogP contribution is -2.29. The molecule has 1 aromatic carbocycles. The summed E-state index contributed by atoms with van der Waals surface area (Å²) in [5, 5.41) is 6.40. The second-order valence-corrected chi connectivity index (χ2v) is 7.07. The first kappa shape index (κ1) is 16.4. The zero-order valence-corrected chi connectivity index (χ0v) is 14.2. The molecule has 0 bridgehead atoms. The van der Waals surface area contributed by atoms with E-state index in [9.17, 15) is 4.55 Å². The minimum absolute atomic E-state index is 0.305. The quantitative estimate of drug-likeness (QED) is 0.621. The summed E-state index contributed by atoms with van der Waals surface area (Å²) >= 11 is 6.58. The van der Waals surface area contributed by atoms with Crippen LogP contribution in [0.3, 0.4) is 0 Å². The second kappa shape index (κ2) is 7.33. The zero-order valence-electron chi connectivity index (χ0n) is 11.8. The summed E-state index contributed by atoms with van der Waals surface area (Å²) < 4.78 is 18.7. The minimum Gasteiger partial charge on any atom is -0.610 e. The van der Waals surface area contributed by atoms with E-state index in [-0.39, 0.29) is 6.23 Å². The van der Waals surface area contributed by atoms with Crippen molar-refractivity contribution in [3.05, 3.63) is 29.4 Å². The number of fused-ring (bicyclic) bond motifs is 1. The van der Waals surface area contributed by atoms with Crippen LogP contribution in [0.5, 0.6) is 5.75 Å². The summed E-state index contributed by atoms with van der Waals surface area (Å²) in [5.41, 5.74) is 0.731. The molecule has 8 heteroatoms. The number of hydrogen-bond acceptors (Lipinski definition) is 6. The highest BCUT2D eigenvalue weighted by molar-refractivity contribution is 7.92. The number of hydrogen-bond donors (Lipinski definition) is 2. The maximum Gasteiger partial charge on any atom is 0.302 e. The topological polar surface area (TPSA) is 69.2 Å². The van der Waals surface area contributed by atoms with Crippen molar-refractivity contribution in [2.75, 3.05) is 20.4 Å². The fraction of sp³-hybridized carbons (Fsp3) is 0.308.